The number of hydrogen-bond acceptors (Lipinski definition) is 7. The van der Waals surface area contributed by atoms with E-state index < -0.39 is 24.0 Å². The van der Waals surface area contributed by atoms with E-state index in [1.54, 1.807) is 13.0 Å². The molecule has 1 aromatic carbocycles. The van der Waals surface area contributed by atoms with Gasteiger partial charge in [-0.05, 0) is 40.7 Å². The number of fused-ring (bicyclic) bond motifs is 1. The van der Waals surface area contributed by atoms with Gasteiger partial charge in [-0.15, -0.1) is 0 Å². The minimum Gasteiger partial charge on any atom is -0.452 e. The van der Waals surface area contributed by atoms with Crippen molar-refractivity contribution in [3.05, 3.63) is 47.2 Å². The Hall–Kier alpha value is -3.75. The molecule has 0 aliphatic carbocycles. The highest BCUT2D eigenvalue weighted by atomic mass is 16.5. The first kappa shape index (κ1) is 23.9. The molecular formula is C24H28N4O5. The predicted octanol–water partition coefficient (Wildman–Crippen LogP) is 3.04. The van der Waals surface area contributed by atoms with Gasteiger partial charge in [-0.1, -0.05) is 35.0 Å². The Balaban J connectivity index is 1.76. The van der Waals surface area contributed by atoms with Crippen LogP contribution < -0.4 is 5.32 Å². The van der Waals surface area contributed by atoms with Crippen LogP contribution in [0.4, 0.5) is 0 Å². The van der Waals surface area contributed by atoms with E-state index in [9.17, 15) is 14.4 Å². The molecule has 0 unspecified atom stereocenters. The summed E-state index contributed by atoms with van der Waals surface area (Å²) < 4.78 is 10.6. The summed E-state index contributed by atoms with van der Waals surface area (Å²) in [5.74, 6) is -1.51. The van der Waals surface area contributed by atoms with E-state index in [-0.39, 0.29) is 23.7 Å². The van der Waals surface area contributed by atoms with Crippen LogP contribution >= 0.6 is 0 Å². The van der Waals surface area contributed by atoms with Gasteiger partial charge in [0.05, 0.1) is 28.9 Å². The lowest BCUT2D eigenvalue weighted by atomic mass is 10.0. The number of rotatable bonds is 6. The second-order valence-electron chi connectivity index (χ2n) is 8.99. The van der Waals surface area contributed by atoms with Crippen molar-refractivity contribution in [3.8, 4) is 11.3 Å². The zero-order valence-corrected chi connectivity index (χ0v) is 19.7. The fraction of sp³-hybridized carbons (Fsp3) is 0.375. The van der Waals surface area contributed by atoms with Crippen LogP contribution in [0.1, 0.15) is 42.4 Å². The van der Waals surface area contributed by atoms with Gasteiger partial charge in [-0.3, -0.25) is 9.59 Å². The van der Waals surface area contributed by atoms with Gasteiger partial charge in [0, 0.05) is 18.2 Å². The normalized spacial score (nSPS) is 11.3. The number of carbonyl (C=O) groups excluding carboxylic acids is 3. The Morgan fingerprint density at radius 1 is 1.12 bits per heavy atom. The molecule has 0 spiro atoms. The summed E-state index contributed by atoms with van der Waals surface area (Å²) in [6.45, 7) is 8.57. The van der Waals surface area contributed by atoms with E-state index in [4.69, 9.17) is 9.26 Å². The first-order chi connectivity index (χ1) is 15.4. The molecule has 0 fully saturated rings. The van der Waals surface area contributed by atoms with Crippen molar-refractivity contribution in [2.75, 3.05) is 20.2 Å². The number of hydrogen-bond donors (Lipinski definition) is 1. The summed E-state index contributed by atoms with van der Waals surface area (Å²) in [7, 11) is 1.47. The molecule has 2 heterocycles. The van der Waals surface area contributed by atoms with Crippen LogP contribution in [-0.4, -0.2) is 58.6 Å². The molecular weight excluding hydrogens is 424 g/mol. The van der Waals surface area contributed by atoms with Crippen molar-refractivity contribution in [2.24, 2.45) is 0 Å². The minimum absolute atomic E-state index is 0.143. The summed E-state index contributed by atoms with van der Waals surface area (Å²) >= 11 is 0. The first-order valence-electron chi connectivity index (χ1n) is 10.5. The average molecular weight is 453 g/mol. The zero-order valence-electron chi connectivity index (χ0n) is 19.7. The van der Waals surface area contributed by atoms with E-state index in [1.165, 1.54) is 11.9 Å². The van der Waals surface area contributed by atoms with Crippen molar-refractivity contribution in [2.45, 2.75) is 40.2 Å². The number of aryl methyl sites for hydroxylation is 2. The Morgan fingerprint density at radius 3 is 2.42 bits per heavy atom. The summed E-state index contributed by atoms with van der Waals surface area (Å²) in [5, 5.41) is 7.12. The van der Waals surface area contributed by atoms with E-state index >= 15 is 0 Å². The molecule has 0 aliphatic heterocycles. The molecule has 0 saturated heterocycles. The van der Waals surface area contributed by atoms with Crippen LogP contribution in [0, 0.1) is 13.8 Å². The lowest BCUT2D eigenvalue weighted by Gasteiger charge is -2.23. The van der Waals surface area contributed by atoms with E-state index in [0.717, 1.165) is 11.1 Å². The van der Waals surface area contributed by atoms with E-state index in [1.807, 2.05) is 52.0 Å². The fourth-order valence-electron chi connectivity index (χ4n) is 3.20. The number of likely N-dealkylation sites (N-methyl/N-ethyl adjacent to an activating group) is 1. The highest BCUT2D eigenvalue weighted by Gasteiger charge is 2.23. The van der Waals surface area contributed by atoms with Gasteiger partial charge < -0.3 is 19.5 Å². The van der Waals surface area contributed by atoms with Crippen LogP contribution in [0.2, 0.25) is 0 Å². The molecule has 3 aromatic rings. The molecule has 9 nitrogen and oxygen atoms in total. The van der Waals surface area contributed by atoms with Crippen LogP contribution in [0.15, 0.2) is 34.9 Å². The van der Waals surface area contributed by atoms with Gasteiger partial charge in [-0.2, -0.15) is 0 Å². The molecule has 3 rings (SSSR count). The number of carbonyl (C=O) groups is 3. The number of pyridine rings is 1. The highest BCUT2D eigenvalue weighted by Crippen LogP contribution is 2.27. The number of amides is 2. The van der Waals surface area contributed by atoms with Crippen LogP contribution in [0.3, 0.4) is 0 Å². The van der Waals surface area contributed by atoms with Crippen LogP contribution in [0.25, 0.3) is 22.4 Å². The smallest absolute Gasteiger partial charge is 0.339 e. The maximum atomic E-state index is 12.9. The largest absolute Gasteiger partial charge is 0.452 e. The Labute approximate surface area is 192 Å². The van der Waals surface area contributed by atoms with E-state index in [2.05, 4.69) is 15.5 Å². The van der Waals surface area contributed by atoms with Gasteiger partial charge >= 0.3 is 5.97 Å². The molecule has 0 aliphatic rings. The van der Waals surface area contributed by atoms with Gasteiger partial charge in [-0.25, -0.2) is 9.78 Å². The maximum absolute atomic E-state index is 12.9. The minimum atomic E-state index is -0.706. The summed E-state index contributed by atoms with van der Waals surface area (Å²) in [6.07, 6.45) is 0. The van der Waals surface area contributed by atoms with Crippen LogP contribution in [0.5, 0.6) is 0 Å². The average Bonchev–Trinajstić information content (AvgIpc) is 3.11. The molecule has 174 valence electrons. The van der Waals surface area contributed by atoms with Crippen molar-refractivity contribution >= 4 is 28.9 Å². The number of esters is 1. The Kier molecular flexibility index (Phi) is 6.81. The van der Waals surface area contributed by atoms with Crippen molar-refractivity contribution < 1.29 is 23.6 Å². The summed E-state index contributed by atoms with van der Waals surface area (Å²) in [6, 6.07) is 9.26. The number of nitrogens with one attached hydrogen (secondary N) is 1. The van der Waals surface area contributed by atoms with Gasteiger partial charge in [0.25, 0.3) is 11.6 Å². The Morgan fingerprint density at radius 2 is 1.79 bits per heavy atom. The second kappa shape index (κ2) is 9.40. The van der Waals surface area contributed by atoms with Crippen molar-refractivity contribution in [1.82, 2.24) is 20.4 Å². The molecule has 33 heavy (non-hydrogen) atoms. The molecule has 0 atom stereocenters. The summed E-state index contributed by atoms with van der Waals surface area (Å²) in [5.41, 5.74) is 2.90. The number of benzene rings is 1. The molecule has 2 aromatic heterocycles. The maximum Gasteiger partial charge on any atom is 0.339 e. The molecule has 0 saturated carbocycles. The fourth-order valence-corrected chi connectivity index (χ4v) is 3.20. The van der Waals surface area contributed by atoms with Crippen LogP contribution in [-0.2, 0) is 14.3 Å². The van der Waals surface area contributed by atoms with Gasteiger partial charge in [0.2, 0.25) is 5.91 Å². The van der Waals surface area contributed by atoms with Gasteiger partial charge in [0.1, 0.15) is 0 Å². The van der Waals surface area contributed by atoms with Gasteiger partial charge in [0.15, 0.2) is 6.61 Å². The Bertz CT molecular complexity index is 1190. The lowest BCUT2D eigenvalue weighted by molar-refractivity contribution is -0.137. The lowest BCUT2D eigenvalue weighted by Crippen LogP contribution is -2.46. The topological polar surface area (TPSA) is 115 Å². The standard InChI is InChI=1S/C24H28N4O5/c1-14-7-9-16(10-8-14)18-11-17(21-15(2)27-33-22(21)25-18)23(31)32-13-20(30)28(6)12-19(29)26-24(3,4)5/h7-11H,12-13H2,1-6H3,(H,26,29). The SMILES string of the molecule is Cc1ccc(-c2cc(C(=O)OCC(=O)N(C)CC(=O)NC(C)(C)C)c3c(C)noc3n2)cc1. The predicted molar refractivity (Wildman–Crippen MR) is 123 cm³/mol. The monoisotopic (exact) mass is 452 g/mol. The third-order valence-corrected chi connectivity index (χ3v) is 4.83. The molecule has 0 bridgehead atoms. The summed E-state index contributed by atoms with van der Waals surface area (Å²) in [4.78, 5) is 43.0. The zero-order chi connectivity index (χ0) is 24.3. The molecule has 1 N–H and O–H groups in total. The first-order valence-corrected chi connectivity index (χ1v) is 10.5. The van der Waals surface area contributed by atoms with E-state index in [0.29, 0.717) is 16.8 Å². The molecule has 9 heteroatoms. The number of aromatic nitrogens is 2. The third kappa shape index (κ3) is 5.94. The van der Waals surface area contributed by atoms with Crippen molar-refractivity contribution in [1.29, 1.82) is 0 Å². The third-order valence-electron chi connectivity index (χ3n) is 4.83. The quantitative estimate of drug-likeness (QED) is 0.572. The molecule has 2 amide bonds. The molecule has 0 radical (unpaired) electrons. The highest BCUT2D eigenvalue weighted by molar-refractivity contribution is 6.04. The number of nitrogens with zero attached hydrogens (tertiary/aromatic N) is 3. The van der Waals surface area contributed by atoms with Crippen molar-refractivity contribution in [3.63, 3.8) is 0 Å². The second-order valence-corrected chi connectivity index (χ2v) is 8.99. The number of ether oxygens (including phenoxy) is 1.